The number of hydrogen-bond donors (Lipinski definition) is 1. The van der Waals surface area contributed by atoms with Crippen molar-refractivity contribution in [3.8, 4) is 0 Å². The molecule has 0 saturated heterocycles. The lowest BCUT2D eigenvalue weighted by Crippen LogP contribution is -2.35. The van der Waals surface area contributed by atoms with Gasteiger partial charge < -0.3 is 10.2 Å². The van der Waals surface area contributed by atoms with Gasteiger partial charge in [0.2, 0.25) is 5.91 Å². The first-order valence-electron chi connectivity index (χ1n) is 10.5. The Morgan fingerprint density at radius 1 is 1.07 bits per heavy atom. The molecular formula is C24H27ClN2O2. The number of halogens is 1. The molecule has 1 atom stereocenters. The summed E-state index contributed by atoms with van der Waals surface area (Å²) in [7, 11) is 0. The first-order valence-corrected chi connectivity index (χ1v) is 10.9. The lowest BCUT2D eigenvalue weighted by molar-refractivity contribution is -0.123. The second-order valence-electron chi connectivity index (χ2n) is 8.17. The van der Waals surface area contributed by atoms with Crippen LogP contribution < -0.4 is 10.2 Å². The second kappa shape index (κ2) is 8.58. The van der Waals surface area contributed by atoms with Gasteiger partial charge in [-0.05, 0) is 67.6 Å². The fourth-order valence-electron chi connectivity index (χ4n) is 4.45. The maximum atomic E-state index is 13.0. The van der Waals surface area contributed by atoms with Crippen molar-refractivity contribution in [2.75, 3.05) is 11.4 Å². The van der Waals surface area contributed by atoms with E-state index in [4.69, 9.17) is 11.6 Å². The molecule has 2 aromatic rings. The van der Waals surface area contributed by atoms with Crippen molar-refractivity contribution in [2.45, 2.75) is 51.5 Å². The molecule has 0 bridgehead atoms. The molecule has 1 N–H and O–H groups in total. The Morgan fingerprint density at radius 2 is 1.79 bits per heavy atom. The summed E-state index contributed by atoms with van der Waals surface area (Å²) < 4.78 is 0. The predicted molar refractivity (Wildman–Crippen MR) is 116 cm³/mol. The van der Waals surface area contributed by atoms with E-state index >= 15 is 0 Å². The minimum Gasteiger partial charge on any atom is -0.346 e. The van der Waals surface area contributed by atoms with Gasteiger partial charge in [-0.15, -0.1) is 0 Å². The van der Waals surface area contributed by atoms with E-state index in [-0.39, 0.29) is 17.9 Å². The van der Waals surface area contributed by atoms with Gasteiger partial charge in [0.15, 0.2) is 0 Å². The number of carbonyl (C=O) groups excluding carboxylic acids is 2. The Hall–Kier alpha value is -2.33. The number of nitrogens with zero attached hydrogens (tertiary/aromatic N) is 1. The average molecular weight is 411 g/mol. The molecule has 1 heterocycles. The zero-order chi connectivity index (χ0) is 20.4. The predicted octanol–water partition coefficient (Wildman–Crippen LogP) is 5.30. The van der Waals surface area contributed by atoms with Crippen molar-refractivity contribution in [1.82, 2.24) is 5.32 Å². The molecule has 4 nitrogen and oxygen atoms in total. The molecule has 152 valence electrons. The van der Waals surface area contributed by atoms with Crippen LogP contribution in [-0.4, -0.2) is 18.4 Å². The molecular weight excluding hydrogens is 384 g/mol. The van der Waals surface area contributed by atoms with Crippen LogP contribution in [0.5, 0.6) is 0 Å². The molecule has 2 aliphatic rings. The number of rotatable bonds is 4. The van der Waals surface area contributed by atoms with Crippen LogP contribution in [0.3, 0.4) is 0 Å². The number of fused-ring (bicyclic) bond motifs is 1. The third-order valence-electron chi connectivity index (χ3n) is 6.17. The standard InChI is InChI=1S/C24H27ClN2O2/c1-16(26-23(28)17-7-10-21(25)11-8-17)19-9-12-22-20(15-19)13-14-27(22)24(29)18-5-3-2-4-6-18/h7-12,15-16,18H,2-6,13-14H2,1H3,(H,26,28). The molecule has 0 aromatic heterocycles. The van der Waals surface area contributed by atoms with Gasteiger partial charge in [-0.3, -0.25) is 9.59 Å². The van der Waals surface area contributed by atoms with E-state index in [0.717, 1.165) is 37.1 Å². The fraction of sp³-hybridized carbons (Fsp3) is 0.417. The molecule has 5 heteroatoms. The highest BCUT2D eigenvalue weighted by atomic mass is 35.5. The minimum atomic E-state index is -0.122. The number of carbonyl (C=O) groups is 2. The smallest absolute Gasteiger partial charge is 0.251 e. The largest absolute Gasteiger partial charge is 0.346 e. The van der Waals surface area contributed by atoms with Gasteiger partial charge in [0.05, 0.1) is 6.04 Å². The van der Waals surface area contributed by atoms with Gasteiger partial charge in [-0.25, -0.2) is 0 Å². The quantitative estimate of drug-likeness (QED) is 0.743. The molecule has 0 radical (unpaired) electrons. The third-order valence-corrected chi connectivity index (χ3v) is 6.43. The van der Waals surface area contributed by atoms with E-state index in [9.17, 15) is 9.59 Å². The molecule has 4 rings (SSSR count). The van der Waals surface area contributed by atoms with Crippen molar-refractivity contribution in [1.29, 1.82) is 0 Å². The van der Waals surface area contributed by atoms with Crippen molar-refractivity contribution < 1.29 is 9.59 Å². The van der Waals surface area contributed by atoms with Crippen LogP contribution in [0.15, 0.2) is 42.5 Å². The lowest BCUT2D eigenvalue weighted by Gasteiger charge is -2.26. The van der Waals surface area contributed by atoms with Crippen LogP contribution in [0.2, 0.25) is 5.02 Å². The molecule has 1 unspecified atom stereocenters. The lowest BCUT2D eigenvalue weighted by atomic mass is 9.88. The first-order chi connectivity index (χ1) is 14.0. The zero-order valence-electron chi connectivity index (χ0n) is 16.8. The fourth-order valence-corrected chi connectivity index (χ4v) is 4.58. The summed E-state index contributed by atoms with van der Waals surface area (Å²) in [6.45, 7) is 2.75. The second-order valence-corrected chi connectivity index (χ2v) is 8.60. The molecule has 1 fully saturated rings. The Labute approximate surface area is 177 Å². The van der Waals surface area contributed by atoms with Gasteiger partial charge in [-0.2, -0.15) is 0 Å². The van der Waals surface area contributed by atoms with Gasteiger partial charge >= 0.3 is 0 Å². The van der Waals surface area contributed by atoms with Gasteiger partial charge in [-0.1, -0.05) is 43.0 Å². The normalized spacial score (nSPS) is 17.7. The molecule has 29 heavy (non-hydrogen) atoms. The van der Waals surface area contributed by atoms with Gasteiger partial charge in [0.1, 0.15) is 0 Å². The van der Waals surface area contributed by atoms with Crippen LogP contribution in [0.4, 0.5) is 5.69 Å². The van der Waals surface area contributed by atoms with E-state index in [1.165, 1.54) is 24.8 Å². The molecule has 0 spiro atoms. The molecule has 2 aromatic carbocycles. The Kier molecular flexibility index (Phi) is 5.91. The van der Waals surface area contributed by atoms with Crippen molar-refractivity contribution >= 4 is 29.1 Å². The first kappa shape index (κ1) is 20.0. The minimum absolute atomic E-state index is 0.119. The monoisotopic (exact) mass is 410 g/mol. The Balaban J connectivity index is 1.44. The highest BCUT2D eigenvalue weighted by molar-refractivity contribution is 6.30. The molecule has 1 saturated carbocycles. The number of nitrogens with one attached hydrogen (secondary N) is 1. The summed E-state index contributed by atoms with van der Waals surface area (Å²) >= 11 is 5.90. The van der Waals surface area contributed by atoms with Gasteiger partial charge in [0, 0.05) is 28.7 Å². The van der Waals surface area contributed by atoms with E-state index in [1.807, 2.05) is 24.0 Å². The summed E-state index contributed by atoms with van der Waals surface area (Å²) in [6.07, 6.45) is 6.51. The number of amides is 2. The van der Waals surface area contributed by atoms with Crippen molar-refractivity contribution in [3.63, 3.8) is 0 Å². The summed E-state index contributed by atoms with van der Waals surface area (Å²) in [6, 6.07) is 13.0. The average Bonchev–Trinajstić information content (AvgIpc) is 3.17. The molecule has 1 aliphatic heterocycles. The van der Waals surface area contributed by atoms with E-state index < -0.39 is 0 Å². The third kappa shape index (κ3) is 4.32. The molecule has 2 amide bonds. The maximum Gasteiger partial charge on any atom is 0.251 e. The molecule has 1 aliphatic carbocycles. The van der Waals surface area contributed by atoms with Crippen LogP contribution in [0.1, 0.15) is 66.6 Å². The Morgan fingerprint density at radius 3 is 2.52 bits per heavy atom. The summed E-state index contributed by atoms with van der Waals surface area (Å²) in [5.74, 6) is 0.357. The SMILES string of the molecule is CC(NC(=O)c1ccc(Cl)cc1)c1ccc2c(c1)CCN2C(=O)C1CCCCC1. The number of anilines is 1. The number of benzene rings is 2. The Bertz CT molecular complexity index is 904. The summed E-state index contributed by atoms with van der Waals surface area (Å²) in [5.41, 5.74) is 3.88. The van der Waals surface area contributed by atoms with Crippen LogP contribution >= 0.6 is 11.6 Å². The highest BCUT2D eigenvalue weighted by Crippen LogP contribution is 2.34. The van der Waals surface area contributed by atoms with Crippen molar-refractivity contribution in [3.05, 3.63) is 64.2 Å². The van der Waals surface area contributed by atoms with Gasteiger partial charge in [0.25, 0.3) is 5.91 Å². The summed E-state index contributed by atoms with van der Waals surface area (Å²) in [5, 5.41) is 3.66. The topological polar surface area (TPSA) is 49.4 Å². The van der Waals surface area contributed by atoms with E-state index in [2.05, 4.69) is 11.4 Å². The zero-order valence-corrected chi connectivity index (χ0v) is 17.5. The van der Waals surface area contributed by atoms with Crippen LogP contribution in [0.25, 0.3) is 0 Å². The number of hydrogen-bond acceptors (Lipinski definition) is 2. The summed E-state index contributed by atoms with van der Waals surface area (Å²) in [4.78, 5) is 27.4. The van der Waals surface area contributed by atoms with E-state index in [1.54, 1.807) is 24.3 Å². The highest BCUT2D eigenvalue weighted by Gasteiger charge is 2.31. The maximum absolute atomic E-state index is 13.0. The van der Waals surface area contributed by atoms with E-state index in [0.29, 0.717) is 16.5 Å². The van der Waals surface area contributed by atoms with Crippen LogP contribution in [-0.2, 0) is 11.2 Å². The van der Waals surface area contributed by atoms with Crippen molar-refractivity contribution in [2.24, 2.45) is 5.92 Å². The van der Waals surface area contributed by atoms with Crippen LogP contribution in [0, 0.1) is 5.92 Å².